The highest BCUT2D eigenvalue weighted by Crippen LogP contribution is 2.20. The van der Waals surface area contributed by atoms with Gasteiger partial charge in [-0.25, -0.2) is 4.68 Å². The Kier molecular flexibility index (Phi) is 3.32. The number of hydrogen-bond acceptors (Lipinski definition) is 2. The zero-order valence-electron chi connectivity index (χ0n) is 11.3. The van der Waals surface area contributed by atoms with E-state index in [4.69, 9.17) is 0 Å². The van der Waals surface area contributed by atoms with Gasteiger partial charge in [0.15, 0.2) is 6.29 Å². The number of aldehydes is 1. The Hall–Kier alpha value is -1.90. The van der Waals surface area contributed by atoms with Gasteiger partial charge in [0.1, 0.15) is 0 Å². The molecular weight excluding hydrogens is 224 g/mol. The van der Waals surface area contributed by atoms with Gasteiger partial charge in [0.2, 0.25) is 0 Å². The number of rotatable bonds is 3. The van der Waals surface area contributed by atoms with Crippen molar-refractivity contribution < 1.29 is 4.79 Å². The van der Waals surface area contributed by atoms with E-state index in [1.165, 1.54) is 5.56 Å². The number of carbonyl (C=O) groups excluding carboxylic acids is 1. The van der Waals surface area contributed by atoms with Crippen LogP contribution in [0.4, 0.5) is 0 Å². The van der Waals surface area contributed by atoms with Crippen LogP contribution in [0.2, 0.25) is 0 Å². The zero-order chi connectivity index (χ0) is 13.3. The fourth-order valence-corrected chi connectivity index (χ4v) is 2.13. The van der Waals surface area contributed by atoms with E-state index in [2.05, 4.69) is 31.1 Å². The number of benzene rings is 1. The predicted molar refractivity (Wildman–Crippen MR) is 72.5 cm³/mol. The van der Waals surface area contributed by atoms with Crippen LogP contribution in [0, 0.1) is 13.8 Å². The van der Waals surface area contributed by atoms with Gasteiger partial charge in [0.25, 0.3) is 0 Å². The number of hydrogen-bond donors (Lipinski definition) is 0. The van der Waals surface area contributed by atoms with Crippen molar-refractivity contribution in [3.63, 3.8) is 0 Å². The summed E-state index contributed by atoms with van der Waals surface area (Å²) in [4.78, 5) is 11.1. The summed E-state index contributed by atoms with van der Waals surface area (Å²) in [6.45, 7) is 8.21. The van der Waals surface area contributed by atoms with Crippen molar-refractivity contribution in [1.82, 2.24) is 9.78 Å². The highest BCUT2D eigenvalue weighted by Gasteiger charge is 2.13. The average Bonchev–Trinajstić information content (AvgIpc) is 2.73. The van der Waals surface area contributed by atoms with E-state index in [1.54, 1.807) is 10.9 Å². The standard InChI is InChI=1S/C15H18N2O/c1-10(2)15-13(9-18)8-17(16-15)14-6-5-11(3)7-12(14)4/h5-10H,1-4H3. The van der Waals surface area contributed by atoms with Crippen molar-refractivity contribution in [2.75, 3.05) is 0 Å². The molecule has 0 N–H and O–H groups in total. The molecule has 0 spiro atoms. The first-order valence-electron chi connectivity index (χ1n) is 6.15. The molecule has 0 amide bonds. The molecule has 0 radical (unpaired) electrons. The first kappa shape index (κ1) is 12.6. The Morgan fingerprint density at radius 2 is 2.00 bits per heavy atom. The van der Waals surface area contributed by atoms with Crippen LogP contribution in [0.1, 0.15) is 46.9 Å². The molecule has 2 rings (SSSR count). The van der Waals surface area contributed by atoms with Gasteiger partial charge in [-0.2, -0.15) is 5.10 Å². The number of nitrogens with zero attached hydrogens (tertiary/aromatic N) is 2. The number of carbonyl (C=O) groups is 1. The lowest BCUT2D eigenvalue weighted by atomic mass is 10.1. The fourth-order valence-electron chi connectivity index (χ4n) is 2.13. The van der Waals surface area contributed by atoms with E-state index in [9.17, 15) is 4.79 Å². The second kappa shape index (κ2) is 4.77. The van der Waals surface area contributed by atoms with Gasteiger partial charge in [-0.1, -0.05) is 31.5 Å². The highest BCUT2D eigenvalue weighted by atomic mass is 16.1. The second-order valence-electron chi connectivity index (χ2n) is 4.98. The third-order valence-electron chi connectivity index (χ3n) is 3.05. The molecule has 94 valence electrons. The topological polar surface area (TPSA) is 34.9 Å². The fraction of sp³-hybridized carbons (Fsp3) is 0.333. The van der Waals surface area contributed by atoms with Crippen molar-refractivity contribution in [3.05, 3.63) is 46.8 Å². The lowest BCUT2D eigenvalue weighted by molar-refractivity contribution is 0.112. The van der Waals surface area contributed by atoms with Crippen LogP contribution in [0.5, 0.6) is 0 Å². The molecule has 0 bridgehead atoms. The Bertz CT molecular complexity index is 582. The van der Waals surface area contributed by atoms with Gasteiger partial charge in [-0.3, -0.25) is 4.79 Å². The van der Waals surface area contributed by atoms with Crippen LogP contribution in [-0.2, 0) is 0 Å². The normalized spacial score (nSPS) is 10.9. The Balaban J connectivity index is 2.54. The van der Waals surface area contributed by atoms with Gasteiger partial charge < -0.3 is 0 Å². The molecule has 0 aliphatic rings. The van der Waals surface area contributed by atoms with Crippen LogP contribution >= 0.6 is 0 Å². The minimum atomic E-state index is 0.247. The monoisotopic (exact) mass is 242 g/mol. The first-order valence-corrected chi connectivity index (χ1v) is 6.15. The van der Waals surface area contributed by atoms with Crippen molar-refractivity contribution in [2.24, 2.45) is 0 Å². The van der Waals surface area contributed by atoms with E-state index in [0.717, 1.165) is 23.2 Å². The van der Waals surface area contributed by atoms with E-state index in [-0.39, 0.29) is 5.92 Å². The van der Waals surface area contributed by atoms with Gasteiger partial charge in [0, 0.05) is 6.20 Å². The Morgan fingerprint density at radius 1 is 1.28 bits per heavy atom. The van der Waals surface area contributed by atoms with Crippen LogP contribution in [0.15, 0.2) is 24.4 Å². The Morgan fingerprint density at radius 3 is 2.50 bits per heavy atom. The van der Waals surface area contributed by atoms with Crippen molar-refractivity contribution in [2.45, 2.75) is 33.6 Å². The van der Waals surface area contributed by atoms with Gasteiger partial charge in [-0.05, 0) is 31.4 Å². The van der Waals surface area contributed by atoms with E-state index < -0.39 is 0 Å². The van der Waals surface area contributed by atoms with Crippen molar-refractivity contribution in [3.8, 4) is 5.69 Å². The molecule has 0 aliphatic carbocycles. The maximum absolute atomic E-state index is 11.1. The minimum absolute atomic E-state index is 0.247. The molecule has 0 aliphatic heterocycles. The highest BCUT2D eigenvalue weighted by molar-refractivity contribution is 5.76. The zero-order valence-corrected chi connectivity index (χ0v) is 11.3. The maximum Gasteiger partial charge on any atom is 0.153 e. The van der Waals surface area contributed by atoms with E-state index in [1.807, 2.05) is 19.9 Å². The van der Waals surface area contributed by atoms with Crippen molar-refractivity contribution in [1.29, 1.82) is 0 Å². The summed E-state index contributed by atoms with van der Waals surface area (Å²) in [5.41, 5.74) is 4.93. The van der Waals surface area contributed by atoms with Crippen LogP contribution in [0.25, 0.3) is 5.69 Å². The molecule has 0 saturated carbocycles. The third-order valence-corrected chi connectivity index (χ3v) is 3.05. The molecule has 18 heavy (non-hydrogen) atoms. The molecule has 0 saturated heterocycles. The molecule has 2 aromatic rings. The third kappa shape index (κ3) is 2.21. The lowest BCUT2D eigenvalue weighted by Crippen LogP contribution is -1.99. The lowest BCUT2D eigenvalue weighted by Gasteiger charge is -2.07. The quantitative estimate of drug-likeness (QED) is 0.773. The first-order chi connectivity index (χ1) is 8.52. The number of aryl methyl sites for hydroxylation is 2. The summed E-state index contributed by atoms with van der Waals surface area (Å²) in [6.07, 6.45) is 2.68. The summed E-state index contributed by atoms with van der Waals surface area (Å²) in [5, 5.41) is 4.53. The minimum Gasteiger partial charge on any atom is -0.298 e. The van der Waals surface area contributed by atoms with Crippen LogP contribution in [-0.4, -0.2) is 16.1 Å². The summed E-state index contributed by atoms with van der Waals surface area (Å²) in [7, 11) is 0. The van der Waals surface area contributed by atoms with Crippen LogP contribution < -0.4 is 0 Å². The molecule has 1 aromatic carbocycles. The molecule has 3 heteroatoms. The largest absolute Gasteiger partial charge is 0.298 e. The molecule has 1 heterocycles. The summed E-state index contributed by atoms with van der Waals surface area (Å²) in [6, 6.07) is 6.21. The SMILES string of the molecule is Cc1ccc(-n2cc(C=O)c(C(C)C)n2)c(C)c1. The molecular formula is C15H18N2O. The number of aromatic nitrogens is 2. The van der Waals surface area contributed by atoms with Gasteiger partial charge in [-0.15, -0.1) is 0 Å². The average molecular weight is 242 g/mol. The summed E-state index contributed by atoms with van der Waals surface area (Å²) in [5.74, 6) is 0.247. The summed E-state index contributed by atoms with van der Waals surface area (Å²) >= 11 is 0. The van der Waals surface area contributed by atoms with Crippen molar-refractivity contribution >= 4 is 6.29 Å². The molecule has 0 atom stereocenters. The second-order valence-corrected chi connectivity index (χ2v) is 4.98. The Labute approximate surface area is 107 Å². The molecule has 1 aromatic heterocycles. The molecule has 0 unspecified atom stereocenters. The summed E-state index contributed by atoms with van der Waals surface area (Å²) < 4.78 is 1.80. The van der Waals surface area contributed by atoms with E-state index in [0.29, 0.717) is 5.56 Å². The molecule has 0 fully saturated rings. The maximum atomic E-state index is 11.1. The molecule has 3 nitrogen and oxygen atoms in total. The van der Waals surface area contributed by atoms with Crippen LogP contribution in [0.3, 0.4) is 0 Å². The van der Waals surface area contributed by atoms with E-state index >= 15 is 0 Å². The predicted octanol–water partition coefficient (Wildman–Crippen LogP) is 3.43. The van der Waals surface area contributed by atoms with Gasteiger partial charge >= 0.3 is 0 Å². The van der Waals surface area contributed by atoms with Gasteiger partial charge in [0.05, 0.1) is 16.9 Å². The smallest absolute Gasteiger partial charge is 0.153 e.